The van der Waals surface area contributed by atoms with Gasteiger partial charge in [0.05, 0.1) is 0 Å². The average Bonchev–Trinajstić information content (AvgIpc) is 2.01. The molecule has 0 saturated heterocycles. The number of halogens is 1. The van der Waals surface area contributed by atoms with Gasteiger partial charge in [0.25, 0.3) is 0 Å². The van der Waals surface area contributed by atoms with E-state index in [-0.39, 0.29) is 11.2 Å². The highest BCUT2D eigenvalue weighted by Crippen LogP contribution is 2.41. The fourth-order valence-electron chi connectivity index (χ4n) is 2.10. The molecule has 0 amide bonds. The molecule has 80 valence electrons. The largest absolute Gasteiger partial charge is 0.211 e. The summed E-state index contributed by atoms with van der Waals surface area (Å²) in [7, 11) is 0. The number of rotatable bonds is 1. The zero-order valence-corrected chi connectivity index (χ0v) is 9.95. The van der Waals surface area contributed by atoms with Gasteiger partial charge in [0.1, 0.15) is 5.83 Å². The van der Waals surface area contributed by atoms with Crippen molar-refractivity contribution in [2.75, 3.05) is 0 Å². The molecule has 0 atom stereocenters. The van der Waals surface area contributed by atoms with Crippen LogP contribution in [0.5, 0.6) is 0 Å². The van der Waals surface area contributed by atoms with Gasteiger partial charge in [-0.15, -0.1) is 0 Å². The van der Waals surface area contributed by atoms with Crippen molar-refractivity contribution >= 4 is 0 Å². The zero-order chi connectivity index (χ0) is 10.9. The summed E-state index contributed by atoms with van der Waals surface area (Å²) in [6, 6.07) is 0. The fourth-order valence-corrected chi connectivity index (χ4v) is 2.10. The summed E-state index contributed by atoms with van der Waals surface area (Å²) in [6.45, 7) is 10.5. The third-order valence-corrected chi connectivity index (χ3v) is 2.66. The maximum atomic E-state index is 13.8. The molecule has 0 bridgehead atoms. The van der Waals surface area contributed by atoms with E-state index < -0.39 is 0 Å². The molecule has 1 heteroatoms. The van der Waals surface area contributed by atoms with Gasteiger partial charge in [-0.25, -0.2) is 4.39 Å². The molecule has 1 rings (SSSR count). The Morgan fingerprint density at radius 2 is 1.86 bits per heavy atom. The third-order valence-electron chi connectivity index (χ3n) is 2.66. The van der Waals surface area contributed by atoms with Crippen molar-refractivity contribution in [2.24, 2.45) is 11.3 Å². The van der Waals surface area contributed by atoms with Crippen LogP contribution in [0.1, 0.15) is 47.5 Å². The van der Waals surface area contributed by atoms with Crippen LogP contribution in [-0.4, -0.2) is 0 Å². The van der Waals surface area contributed by atoms with Crippen LogP contribution in [0.4, 0.5) is 4.39 Å². The monoisotopic (exact) mass is 196 g/mol. The van der Waals surface area contributed by atoms with Gasteiger partial charge in [-0.3, -0.25) is 0 Å². The van der Waals surface area contributed by atoms with Crippen molar-refractivity contribution in [3.63, 3.8) is 0 Å². The topological polar surface area (TPSA) is 0 Å². The Bertz CT molecular complexity index is 274. The van der Waals surface area contributed by atoms with Gasteiger partial charge in [0.2, 0.25) is 0 Å². The predicted octanol–water partition coefficient (Wildman–Crippen LogP) is 4.63. The van der Waals surface area contributed by atoms with Gasteiger partial charge in [-0.05, 0) is 28.9 Å². The summed E-state index contributed by atoms with van der Waals surface area (Å²) >= 11 is 0. The Labute approximate surface area is 86.9 Å². The minimum atomic E-state index is -0.0688. The zero-order valence-electron chi connectivity index (χ0n) is 9.95. The molecule has 0 fully saturated rings. The molecule has 0 spiro atoms. The molecule has 0 nitrogen and oxygen atoms in total. The second-order valence-electron chi connectivity index (χ2n) is 5.38. The van der Waals surface area contributed by atoms with E-state index in [1.54, 1.807) is 0 Å². The van der Waals surface area contributed by atoms with Crippen molar-refractivity contribution in [3.05, 3.63) is 23.0 Å². The van der Waals surface area contributed by atoms with Crippen LogP contribution in [0.25, 0.3) is 0 Å². The maximum Gasteiger partial charge on any atom is 0.104 e. The van der Waals surface area contributed by atoms with Crippen LogP contribution >= 0.6 is 0 Å². The first-order chi connectivity index (χ1) is 6.34. The Morgan fingerprint density at radius 3 is 2.21 bits per heavy atom. The SMILES string of the molecule is CC(C)C1=CCCC(F)=C1C(C)(C)C. The Morgan fingerprint density at radius 1 is 1.29 bits per heavy atom. The highest BCUT2D eigenvalue weighted by atomic mass is 19.1. The lowest BCUT2D eigenvalue weighted by Crippen LogP contribution is -2.18. The van der Waals surface area contributed by atoms with Crippen LogP contribution < -0.4 is 0 Å². The molecule has 0 N–H and O–H groups in total. The first kappa shape index (κ1) is 11.5. The van der Waals surface area contributed by atoms with Crippen molar-refractivity contribution in [2.45, 2.75) is 47.5 Å². The molecule has 0 aromatic rings. The highest BCUT2D eigenvalue weighted by Gasteiger charge is 2.28. The summed E-state index contributed by atoms with van der Waals surface area (Å²) in [5, 5.41) is 0. The molecule has 0 radical (unpaired) electrons. The predicted molar refractivity (Wildman–Crippen MR) is 59.7 cm³/mol. The number of hydrogen-bond donors (Lipinski definition) is 0. The molecule has 1 aliphatic rings. The van der Waals surface area contributed by atoms with E-state index in [2.05, 4.69) is 40.7 Å². The van der Waals surface area contributed by atoms with Gasteiger partial charge < -0.3 is 0 Å². The molecule has 0 heterocycles. The first-order valence-electron chi connectivity index (χ1n) is 5.43. The van der Waals surface area contributed by atoms with Gasteiger partial charge in [-0.1, -0.05) is 40.7 Å². The maximum absolute atomic E-state index is 13.8. The second-order valence-corrected chi connectivity index (χ2v) is 5.38. The Hall–Kier alpha value is -0.590. The van der Waals surface area contributed by atoms with Crippen LogP contribution in [-0.2, 0) is 0 Å². The molecule has 0 aliphatic heterocycles. The van der Waals surface area contributed by atoms with E-state index in [4.69, 9.17) is 0 Å². The van der Waals surface area contributed by atoms with E-state index in [0.717, 1.165) is 12.0 Å². The first-order valence-corrected chi connectivity index (χ1v) is 5.43. The average molecular weight is 196 g/mol. The normalized spacial score (nSPS) is 18.9. The molecule has 0 aromatic heterocycles. The summed E-state index contributed by atoms with van der Waals surface area (Å²) in [4.78, 5) is 0. The number of allylic oxidation sites excluding steroid dienone is 4. The minimum absolute atomic E-state index is 0.0688. The van der Waals surface area contributed by atoms with Crippen molar-refractivity contribution in [1.29, 1.82) is 0 Å². The molecular formula is C13H21F. The van der Waals surface area contributed by atoms with Crippen LogP contribution in [0, 0.1) is 11.3 Å². The standard InChI is InChI=1S/C13H21F/c1-9(2)10-7-6-8-11(14)12(10)13(3,4)5/h7,9H,6,8H2,1-5H3. The summed E-state index contributed by atoms with van der Waals surface area (Å²) in [5.41, 5.74) is 2.08. The molecule has 14 heavy (non-hydrogen) atoms. The summed E-state index contributed by atoms with van der Waals surface area (Å²) in [5.74, 6) is 0.527. The molecule has 0 aromatic carbocycles. The second kappa shape index (κ2) is 3.88. The van der Waals surface area contributed by atoms with Gasteiger partial charge in [0, 0.05) is 6.42 Å². The van der Waals surface area contributed by atoms with E-state index in [9.17, 15) is 4.39 Å². The van der Waals surface area contributed by atoms with Crippen molar-refractivity contribution in [1.82, 2.24) is 0 Å². The van der Waals surface area contributed by atoms with Crippen LogP contribution in [0.15, 0.2) is 23.0 Å². The molecule has 0 saturated carbocycles. The van der Waals surface area contributed by atoms with Gasteiger partial charge >= 0.3 is 0 Å². The molecule has 0 unspecified atom stereocenters. The quantitative estimate of drug-likeness (QED) is 0.573. The van der Waals surface area contributed by atoms with E-state index in [1.807, 2.05) is 0 Å². The third kappa shape index (κ3) is 2.26. The Balaban J connectivity index is 3.14. The smallest absolute Gasteiger partial charge is 0.104 e. The van der Waals surface area contributed by atoms with Crippen LogP contribution in [0.3, 0.4) is 0 Å². The summed E-state index contributed by atoms with van der Waals surface area (Å²) in [6.07, 6.45) is 3.65. The fraction of sp³-hybridized carbons (Fsp3) is 0.692. The van der Waals surface area contributed by atoms with Crippen molar-refractivity contribution in [3.8, 4) is 0 Å². The summed E-state index contributed by atoms with van der Waals surface area (Å²) < 4.78 is 13.8. The van der Waals surface area contributed by atoms with Gasteiger partial charge in [0.15, 0.2) is 0 Å². The lowest BCUT2D eigenvalue weighted by molar-refractivity contribution is 0.447. The highest BCUT2D eigenvalue weighted by molar-refractivity contribution is 5.41. The van der Waals surface area contributed by atoms with E-state index >= 15 is 0 Å². The van der Waals surface area contributed by atoms with Crippen molar-refractivity contribution < 1.29 is 4.39 Å². The number of hydrogen-bond acceptors (Lipinski definition) is 0. The Kier molecular flexibility index (Phi) is 3.18. The molecular weight excluding hydrogens is 175 g/mol. The van der Waals surface area contributed by atoms with E-state index in [0.29, 0.717) is 12.3 Å². The lowest BCUT2D eigenvalue weighted by Gasteiger charge is -2.30. The molecule has 1 aliphatic carbocycles. The van der Waals surface area contributed by atoms with Crippen LogP contribution in [0.2, 0.25) is 0 Å². The minimum Gasteiger partial charge on any atom is -0.211 e. The van der Waals surface area contributed by atoms with E-state index in [1.165, 1.54) is 5.57 Å². The lowest BCUT2D eigenvalue weighted by atomic mass is 9.75. The van der Waals surface area contributed by atoms with Gasteiger partial charge in [-0.2, -0.15) is 0 Å².